The second kappa shape index (κ2) is 7.65. The Morgan fingerprint density at radius 3 is 2.41 bits per heavy atom. The first-order chi connectivity index (χ1) is 14.2. The van der Waals surface area contributed by atoms with Crippen LogP contribution < -0.4 is 10.2 Å². The third-order valence-corrected chi connectivity index (χ3v) is 6.45. The molecular weight excluding hydrogens is 364 g/mol. The molecular formula is C23H28N4O2. The largest absolute Gasteiger partial charge is 0.357 e. The number of fused-ring (bicyclic) bond motifs is 1. The van der Waals surface area contributed by atoms with E-state index in [2.05, 4.69) is 10.2 Å². The van der Waals surface area contributed by atoms with Crippen LogP contribution in [0.1, 0.15) is 48.9 Å². The minimum Gasteiger partial charge on any atom is -0.357 e. The first-order valence-electron chi connectivity index (χ1n) is 10.9. The monoisotopic (exact) mass is 392 g/mol. The maximum atomic E-state index is 12.8. The van der Waals surface area contributed by atoms with Gasteiger partial charge in [-0.2, -0.15) is 0 Å². The number of pyridine rings is 1. The molecule has 2 aromatic rings. The minimum absolute atomic E-state index is 0.00792. The van der Waals surface area contributed by atoms with Crippen molar-refractivity contribution in [2.75, 3.05) is 31.1 Å². The van der Waals surface area contributed by atoms with Crippen molar-refractivity contribution in [1.29, 1.82) is 0 Å². The molecule has 1 aliphatic carbocycles. The number of benzene rings is 1. The fourth-order valence-electron chi connectivity index (χ4n) is 4.55. The summed E-state index contributed by atoms with van der Waals surface area (Å²) < 4.78 is 0. The van der Waals surface area contributed by atoms with E-state index >= 15 is 0 Å². The molecule has 6 heteroatoms. The van der Waals surface area contributed by atoms with Gasteiger partial charge in [0.05, 0.1) is 11.1 Å². The van der Waals surface area contributed by atoms with Gasteiger partial charge in [0.2, 0.25) is 5.91 Å². The summed E-state index contributed by atoms with van der Waals surface area (Å²) in [6, 6.07) is 10.1. The summed E-state index contributed by atoms with van der Waals surface area (Å²) in [5.74, 6) is 1.30. The molecule has 0 unspecified atom stereocenters. The Hall–Kier alpha value is -2.63. The van der Waals surface area contributed by atoms with Crippen LogP contribution >= 0.6 is 0 Å². The summed E-state index contributed by atoms with van der Waals surface area (Å²) in [6.45, 7) is 3.45. The van der Waals surface area contributed by atoms with Gasteiger partial charge in [-0.1, -0.05) is 18.2 Å². The van der Waals surface area contributed by atoms with E-state index in [1.807, 2.05) is 35.2 Å². The molecule has 2 amide bonds. The molecule has 1 N–H and O–H groups in total. The van der Waals surface area contributed by atoms with Gasteiger partial charge in [0.25, 0.3) is 5.91 Å². The molecule has 0 bridgehead atoms. The predicted octanol–water partition coefficient (Wildman–Crippen LogP) is 2.97. The number of likely N-dealkylation sites (tertiary alicyclic amines) is 1. The van der Waals surface area contributed by atoms with E-state index in [1.165, 1.54) is 0 Å². The van der Waals surface area contributed by atoms with Gasteiger partial charge in [-0.25, -0.2) is 4.98 Å². The second-order valence-corrected chi connectivity index (χ2v) is 8.59. The summed E-state index contributed by atoms with van der Waals surface area (Å²) in [6.07, 6.45) is 6.12. The normalized spacial score (nSPS) is 20.3. The van der Waals surface area contributed by atoms with Gasteiger partial charge >= 0.3 is 0 Å². The van der Waals surface area contributed by atoms with Gasteiger partial charge in [0.15, 0.2) is 0 Å². The van der Waals surface area contributed by atoms with Gasteiger partial charge in [-0.05, 0) is 50.7 Å². The highest BCUT2D eigenvalue weighted by Crippen LogP contribution is 2.29. The van der Waals surface area contributed by atoms with Crippen LogP contribution in [-0.2, 0) is 4.79 Å². The molecule has 6 nitrogen and oxygen atoms in total. The van der Waals surface area contributed by atoms with Crippen molar-refractivity contribution in [2.45, 2.75) is 44.6 Å². The molecule has 1 aromatic carbocycles. The smallest absolute Gasteiger partial charge is 0.252 e. The van der Waals surface area contributed by atoms with E-state index in [1.54, 1.807) is 0 Å². The van der Waals surface area contributed by atoms with Crippen LogP contribution in [0.5, 0.6) is 0 Å². The van der Waals surface area contributed by atoms with Crippen LogP contribution in [-0.4, -0.2) is 53.9 Å². The molecule has 1 saturated carbocycles. The highest BCUT2D eigenvalue weighted by Gasteiger charge is 2.31. The number of anilines is 1. The molecule has 2 saturated heterocycles. The summed E-state index contributed by atoms with van der Waals surface area (Å²) in [7, 11) is 0. The van der Waals surface area contributed by atoms with Crippen LogP contribution in [0.25, 0.3) is 10.9 Å². The predicted molar refractivity (Wildman–Crippen MR) is 113 cm³/mol. The topological polar surface area (TPSA) is 65.5 Å². The zero-order chi connectivity index (χ0) is 19.8. The molecule has 3 aliphatic rings. The molecule has 2 aliphatic heterocycles. The molecule has 152 valence electrons. The van der Waals surface area contributed by atoms with E-state index in [9.17, 15) is 9.59 Å². The number of para-hydroxylation sites is 1. The number of nitrogens with zero attached hydrogens (tertiary/aromatic N) is 3. The highest BCUT2D eigenvalue weighted by molar-refractivity contribution is 6.07. The van der Waals surface area contributed by atoms with Crippen molar-refractivity contribution in [3.05, 3.63) is 35.9 Å². The third kappa shape index (κ3) is 3.80. The van der Waals surface area contributed by atoms with Crippen molar-refractivity contribution in [3.8, 4) is 0 Å². The van der Waals surface area contributed by atoms with Crippen molar-refractivity contribution >= 4 is 28.5 Å². The number of hydrogen-bond donors (Lipinski definition) is 1. The van der Waals surface area contributed by atoms with E-state index in [0.717, 1.165) is 81.4 Å². The average Bonchev–Trinajstić information content (AvgIpc) is 3.40. The number of amides is 2. The summed E-state index contributed by atoms with van der Waals surface area (Å²) in [5, 5.41) is 4.01. The molecule has 0 radical (unpaired) electrons. The lowest BCUT2D eigenvalue weighted by Gasteiger charge is -2.34. The second-order valence-electron chi connectivity index (χ2n) is 8.59. The molecule has 1 aromatic heterocycles. The Bertz CT molecular complexity index is 926. The standard InChI is InChI=1S/C23H28N4O2/c28-22(24-17-7-8-17)19-15-21(25-20-6-2-1-5-18(19)20)26-13-9-16(10-14-26)23(29)27-11-3-4-12-27/h1-2,5-6,15-17H,3-4,7-14H2,(H,24,28). The van der Waals surface area contributed by atoms with E-state index in [0.29, 0.717) is 17.5 Å². The van der Waals surface area contributed by atoms with Gasteiger partial charge < -0.3 is 15.1 Å². The molecule has 29 heavy (non-hydrogen) atoms. The Morgan fingerprint density at radius 1 is 0.966 bits per heavy atom. The Kier molecular flexibility index (Phi) is 4.86. The van der Waals surface area contributed by atoms with Gasteiger partial charge in [0, 0.05) is 43.5 Å². The fourth-order valence-corrected chi connectivity index (χ4v) is 4.55. The Balaban J connectivity index is 1.35. The number of aromatic nitrogens is 1. The third-order valence-electron chi connectivity index (χ3n) is 6.45. The number of carbonyl (C=O) groups excluding carboxylic acids is 2. The highest BCUT2D eigenvalue weighted by atomic mass is 16.2. The zero-order valence-corrected chi connectivity index (χ0v) is 16.8. The van der Waals surface area contributed by atoms with Gasteiger partial charge in [-0.15, -0.1) is 0 Å². The molecule has 0 atom stereocenters. The summed E-state index contributed by atoms with van der Waals surface area (Å²) in [4.78, 5) is 34.6. The first kappa shape index (κ1) is 18.4. The molecule has 5 rings (SSSR count). The number of rotatable bonds is 4. The first-order valence-corrected chi connectivity index (χ1v) is 10.9. The SMILES string of the molecule is O=C(NC1CC1)c1cc(N2CCC(C(=O)N3CCCC3)CC2)nc2ccccc12. The maximum Gasteiger partial charge on any atom is 0.252 e. The van der Waals surface area contributed by atoms with Gasteiger partial charge in [-0.3, -0.25) is 9.59 Å². The van der Waals surface area contributed by atoms with Crippen LogP contribution in [0.3, 0.4) is 0 Å². The van der Waals surface area contributed by atoms with Crippen molar-refractivity contribution in [3.63, 3.8) is 0 Å². The lowest BCUT2D eigenvalue weighted by atomic mass is 9.95. The van der Waals surface area contributed by atoms with E-state index in [4.69, 9.17) is 4.98 Å². The summed E-state index contributed by atoms with van der Waals surface area (Å²) >= 11 is 0. The number of carbonyl (C=O) groups is 2. The molecule has 3 fully saturated rings. The van der Waals surface area contributed by atoms with Gasteiger partial charge in [0.1, 0.15) is 5.82 Å². The summed E-state index contributed by atoms with van der Waals surface area (Å²) in [5.41, 5.74) is 1.55. The van der Waals surface area contributed by atoms with E-state index in [-0.39, 0.29) is 11.8 Å². The lowest BCUT2D eigenvalue weighted by molar-refractivity contribution is -0.135. The quantitative estimate of drug-likeness (QED) is 0.869. The molecule has 3 heterocycles. The fraction of sp³-hybridized carbons (Fsp3) is 0.522. The van der Waals surface area contributed by atoms with Crippen LogP contribution in [0.2, 0.25) is 0 Å². The maximum absolute atomic E-state index is 12.8. The van der Waals surface area contributed by atoms with Crippen molar-refractivity contribution in [1.82, 2.24) is 15.2 Å². The van der Waals surface area contributed by atoms with E-state index < -0.39 is 0 Å². The van der Waals surface area contributed by atoms with Crippen molar-refractivity contribution in [2.24, 2.45) is 5.92 Å². The number of nitrogens with one attached hydrogen (secondary N) is 1. The minimum atomic E-state index is -0.00792. The van der Waals surface area contributed by atoms with Crippen LogP contribution in [0.4, 0.5) is 5.82 Å². The lowest BCUT2D eigenvalue weighted by Crippen LogP contribution is -2.42. The Morgan fingerprint density at radius 2 is 1.69 bits per heavy atom. The van der Waals surface area contributed by atoms with Crippen LogP contribution in [0.15, 0.2) is 30.3 Å². The van der Waals surface area contributed by atoms with Crippen LogP contribution in [0, 0.1) is 5.92 Å². The average molecular weight is 393 g/mol. The number of piperidine rings is 1. The number of hydrogen-bond acceptors (Lipinski definition) is 4. The zero-order valence-electron chi connectivity index (χ0n) is 16.8. The Labute approximate surface area is 171 Å². The molecule has 0 spiro atoms. The van der Waals surface area contributed by atoms with Crippen molar-refractivity contribution < 1.29 is 9.59 Å².